The quantitative estimate of drug-likeness (QED) is 0.258. The summed E-state index contributed by atoms with van der Waals surface area (Å²) in [7, 11) is 0. The number of halogens is 5. The van der Waals surface area contributed by atoms with Gasteiger partial charge < -0.3 is 10.1 Å². The van der Waals surface area contributed by atoms with E-state index in [1.54, 1.807) is 17.8 Å². The van der Waals surface area contributed by atoms with E-state index < -0.39 is 40.7 Å². The van der Waals surface area contributed by atoms with Gasteiger partial charge >= 0.3 is 12.1 Å². The van der Waals surface area contributed by atoms with Crippen molar-refractivity contribution in [2.75, 3.05) is 11.9 Å². The highest BCUT2D eigenvalue weighted by Crippen LogP contribution is 2.51. The second kappa shape index (κ2) is 9.46. The van der Waals surface area contributed by atoms with Crippen LogP contribution < -0.4 is 5.32 Å². The molecule has 11 heteroatoms. The maximum Gasteiger partial charge on any atom is 0.416 e. The molecule has 0 radical (unpaired) electrons. The van der Waals surface area contributed by atoms with Crippen molar-refractivity contribution in [1.82, 2.24) is 9.78 Å². The van der Waals surface area contributed by atoms with E-state index in [4.69, 9.17) is 4.74 Å². The second-order valence-electron chi connectivity index (χ2n) is 10.6. The van der Waals surface area contributed by atoms with Gasteiger partial charge in [-0.25, -0.2) is 13.6 Å². The Kier molecular flexibility index (Phi) is 6.51. The molecular weight excluding hydrogens is 521 g/mol. The van der Waals surface area contributed by atoms with E-state index in [1.165, 1.54) is 12.3 Å². The van der Waals surface area contributed by atoms with Gasteiger partial charge in [-0.1, -0.05) is 13.0 Å². The molecule has 0 aliphatic heterocycles. The van der Waals surface area contributed by atoms with Crippen molar-refractivity contribution in [3.63, 3.8) is 0 Å². The van der Waals surface area contributed by atoms with Crippen LogP contribution in [0.3, 0.4) is 0 Å². The van der Waals surface area contributed by atoms with Crippen molar-refractivity contribution in [2.45, 2.75) is 57.7 Å². The van der Waals surface area contributed by atoms with Crippen LogP contribution in [0.25, 0.3) is 11.1 Å². The Labute approximate surface area is 221 Å². The lowest BCUT2D eigenvalue weighted by molar-refractivity contribution is -0.137. The molecule has 0 bridgehead atoms. The van der Waals surface area contributed by atoms with Gasteiger partial charge in [0.2, 0.25) is 5.91 Å². The first-order valence-electron chi connectivity index (χ1n) is 12.6. The molecule has 1 N–H and O–H groups in total. The number of alkyl halides is 3. The third-order valence-electron chi connectivity index (χ3n) is 7.41. The van der Waals surface area contributed by atoms with Crippen LogP contribution in [0.5, 0.6) is 0 Å². The number of carbonyl (C=O) groups excluding carboxylic acids is 2. The minimum absolute atomic E-state index is 0.0321. The summed E-state index contributed by atoms with van der Waals surface area (Å²) in [4.78, 5) is 26.0. The summed E-state index contributed by atoms with van der Waals surface area (Å²) in [6, 6.07) is 4.35. The first-order chi connectivity index (χ1) is 18.3. The number of carbonyl (C=O) groups is 2. The van der Waals surface area contributed by atoms with E-state index >= 15 is 4.39 Å². The summed E-state index contributed by atoms with van der Waals surface area (Å²) >= 11 is 0. The third kappa shape index (κ3) is 5.26. The molecule has 0 unspecified atom stereocenters. The van der Waals surface area contributed by atoms with Crippen LogP contribution >= 0.6 is 0 Å². The Morgan fingerprint density at radius 1 is 1.08 bits per heavy atom. The molecular formula is C28H26F5N3O3. The van der Waals surface area contributed by atoms with Gasteiger partial charge in [-0.15, -0.1) is 0 Å². The lowest BCUT2D eigenvalue weighted by Crippen LogP contribution is -2.29. The maximum atomic E-state index is 15.5. The molecule has 0 atom stereocenters. The predicted octanol–water partition coefficient (Wildman–Crippen LogP) is 6.49. The number of nitrogens with zero attached hydrogens (tertiary/aromatic N) is 2. The molecule has 206 valence electrons. The summed E-state index contributed by atoms with van der Waals surface area (Å²) in [6.07, 6.45) is 0.906. The Bertz CT molecular complexity index is 1460. The third-order valence-corrected chi connectivity index (χ3v) is 7.41. The molecule has 1 amide bonds. The lowest BCUT2D eigenvalue weighted by Gasteiger charge is -2.19. The number of hydrogen-bond acceptors (Lipinski definition) is 4. The number of aromatic nitrogens is 2. The normalized spacial score (nSPS) is 17.0. The lowest BCUT2D eigenvalue weighted by atomic mass is 9.93. The van der Waals surface area contributed by atoms with Crippen LogP contribution in [-0.4, -0.2) is 28.3 Å². The molecule has 0 saturated heterocycles. The van der Waals surface area contributed by atoms with Gasteiger partial charge in [-0.05, 0) is 62.3 Å². The van der Waals surface area contributed by atoms with E-state index in [0.717, 1.165) is 31.0 Å². The van der Waals surface area contributed by atoms with Crippen LogP contribution in [0.2, 0.25) is 0 Å². The fourth-order valence-electron chi connectivity index (χ4n) is 4.76. The fraction of sp³-hybridized carbons (Fsp3) is 0.393. The highest BCUT2D eigenvalue weighted by Gasteiger charge is 2.53. The summed E-state index contributed by atoms with van der Waals surface area (Å²) in [5.41, 5.74) is -2.45. The number of anilines is 1. The summed E-state index contributed by atoms with van der Waals surface area (Å²) < 4.78 is 75.9. The van der Waals surface area contributed by atoms with Gasteiger partial charge in [-0.2, -0.15) is 18.3 Å². The largest absolute Gasteiger partial charge is 0.462 e. The van der Waals surface area contributed by atoms with E-state index in [1.807, 2.05) is 0 Å². The Morgan fingerprint density at radius 2 is 1.79 bits per heavy atom. The van der Waals surface area contributed by atoms with Crippen molar-refractivity contribution in [2.24, 2.45) is 5.41 Å². The van der Waals surface area contributed by atoms with Crippen molar-refractivity contribution < 1.29 is 36.3 Å². The smallest absolute Gasteiger partial charge is 0.416 e. The first-order valence-corrected chi connectivity index (χ1v) is 12.6. The zero-order valence-corrected chi connectivity index (χ0v) is 21.3. The van der Waals surface area contributed by atoms with Gasteiger partial charge in [0.1, 0.15) is 11.6 Å². The molecule has 2 saturated carbocycles. The standard InChI is InChI=1S/C28H26F5N3O3/c1-3-39-24(37)19-11-18(12-22(30)23(19)16-13-34-36(14-16)15-26(2)6-7-26)35-25(38)27(8-9-27)20-5-4-17(10-21(20)29)28(31,32)33/h4-5,10-14H,3,6-9,15H2,1-2H3,(H,35,38). The molecule has 0 spiro atoms. The van der Waals surface area contributed by atoms with Gasteiger partial charge in [0.25, 0.3) is 0 Å². The van der Waals surface area contributed by atoms with Gasteiger partial charge in [0, 0.05) is 35.1 Å². The molecule has 3 aromatic rings. The van der Waals surface area contributed by atoms with E-state index in [0.29, 0.717) is 18.2 Å². The van der Waals surface area contributed by atoms with Crippen molar-refractivity contribution in [3.05, 3.63) is 71.1 Å². The summed E-state index contributed by atoms with van der Waals surface area (Å²) in [6.45, 7) is 4.41. The molecule has 6 nitrogen and oxygen atoms in total. The highest BCUT2D eigenvalue weighted by atomic mass is 19.4. The average Bonchev–Trinajstić information content (AvgIpc) is 3.76. The molecule has 2 aliphatic rings. The Morgan fingerprint density at radius 3 is 2.38 bits per heavy atom. The molecule has 1 aromatic heterocycles. The first kappa shape index (κ1) is 26.8. The molecule has 2 fully saturated rings. The second-order valence-corrected chi connectivity index (χ2v) is 10.6. The van der Waals surface area contributed by atoms with Gasteiger partial charge in [0.15, 0.2) is 0 Å². The number of ether oxygens (including phenoxy) is 1. The summed E-state index contributed by atoms with van der Waals surface area (Å²) in [5, 5.41) is 6.82. The zero-order chi connectivity index (χ0) is 28.2. The minimum atomic E-state index is -4.73. The number of hydrogen-bond donors (Lipinski definition) is 1. The average molecular weight is 548 g/mol. The molecule has 2 aliphatic carbocycles. The molecule has 1 heterocycles. The van der Waals surface area contributed by atoms with E-state index in [2.05, 4.69) is 17.3 Å². The van der Waals surface area contributed by atoms with E-state index in [9.17, 15) is 27.2 Å². The predicted molar refractivity (Wildman–Crippen MR) is 132 cm³/mol. The van der Waals surface area contributed by atoms with Crippen molar-refractivity contribution in [1.29, 1.82) is 0 Å². The number of rotatable bonds is 8. The van der Waals surface area contributed by atoms with Crippen molar-refractivity contribution in [3.8, 4) is 11.1 Å². The maximum absolute atomic E-state index is 15.5. The van der Waals surface area contributed by atoms with Crippen molar-refractivity contribution >= 4 is 17.6 Å². The monoisotopic (exact) mass is 547 g/mol. The van der Waals surface area contributed by atoms with Crippen LogP contribution in [0.4, 0.5) is 27.6 Å². The number of nitrogens with one attached hydrogen (secondary N) is 1. The Balaban J connectivity index is 1.44. The van der Waals surface area contributed by atoms with Gasteiger partial charge in [-0.3, -0.25) is 9.48 Å². The van der Waals surface area contributed by atoms with Crippen LogP contribution in [0, 0.1) is 17.0 Å². The fourth-order valence-corrected chi connectivity index (χ4v) is 4.76. The van der Waals surface area contributed by atoms with E-state index in [-0.39, 0.29) is 47.2 Å². The minimum Gasteiger partial charge on any atom is -0.462 e. The van der Waals surface area contributed by atoms with Crippen LogP contribution in [-0.2, 0) is 27.7 Å². The molecule has 2 aromatic carbocycles. The SMILES string of the molecule is CCOC(=O)c1cc(NC(=O)C2(c3ccc(C(F)(F)F)cc3F)CC2)cc(F)c1-c1cnn(CC2(C)CC2)c1. The topological polar surface area (TPSA) is 73.2 Å². The number of amides is 1. The Hall–Kier alpha value is -3.76. The number of benzene rings is 2. The number of esters is 1. The van der Waals surface area contributed by atoms with Crippen LogP contribution in [0.1, 0.15) is 61.0 Å². The zero-order valence-electron chi connectivity index (χ0n) is 21.3. The van der Waals surface area contributed by atoms with Gasteiger partial charge in [0.05, 0.1) is 29.3 Å². The van der Waals surface area contributed by atoms with Crippen LogP contribution in [0.15, 0.2) is 42.7 Å². The molecule has 39 heavy (non-hydrogen) atoms. The molecule has 5 rings (SSSR count). The highest BCUT2D eigenvalue weighted by molar-refractivity contribution is 6.04. The summed E-state index contributed by atoms with van der Waals surface area (Å²) in [5.74, 6) is -3.48.